The van der Waals surface area contributed by atoms with Crippen LogP contribution in [0.4, 0.5) is 5.82 Å². The molecule has 3 rings (SSSR count). The summed E-state index contributed by atoms with van der Waals surface area (Å²) in [6.45, 7) is 6.13. The molecule has 0 radical (unpaired) electrons. The van der Waals surface area contributed by atoms with Gasteiger partial charge < -0.3 is 4.90 Å². The van der Waals surface area contributed by atoms with Crippen molar-refractivity contribution in [3.63, 3.8) is 0 Å². The first kappa shape index (κ1) is 15.5. The lowest BCUT2D eigenvalue weighted by Gasteiger charge is -2.34. The van der Waals surface area contributed by atoms with Gasteiger partial charge >= 0.3 is 0 Å². The monoisotopic (exact) mass is 337 g/mol. The predicted molar refractivity (Wildman–Crippen MR) is 89.0 cm³/mol. The number of pyridine rings is 1. The van der Waals surface area contributed by atoms with Crippen LogP contribution in [0.3, 0.4) is 0 Å². The highest BCUT2D eigenvalue weighted by molar-refractivity contribution is 7.91. The lowest BCUT2D eigenvalue weighted by molar-refractivity contribution is 0.384. The Bertz CT molecular complexity index is 748. The van der Waals surface area contributed by atoms with E-state index < -0.39 is 10.0 Å². The third-order valence-corrected chi connectivity index (χ3v) is 7.45. The van der Waals surface area contributed by atoms with Crippen LogP contribution in [0, 0.1) is 13.8 Å². The second-order valence-electron chi connectivity index (χ2n) is 5.41. The van der Waals surface area contributed by atoms with E-state index in [1.807, 2.05) is 38.1 Å². The number of piperazine rings is 1. The molecule has 1 aliphatic rings. The van der Waals surface area contributed by atoms with Gasteiger partial charge in [-0.2, -0.15) is 4.31 Å². The standard InChI is InChI=1S/C15H19N3O2S2/c1-12-11-13(2)21-15(12)22(19,20)18-9-7-17(8-10-18)14-5-3-4-6-16-14/h3-6,11H,7-10H2,1-2H3. The Morgan fingerprint density at radius 3 is 2.41 bits per heavy atom. The number of aromatic nitrogens is 1. The summed E-state index contributed by atoms with van der Waals surface area (Å²) in [5.74, 6) is 0.905. The van der Waals surface area contributed by atoms with Gasteiger partial charge in [-0.15, -0.1) is 11.3 Å². The van der Waals surface area contributed by atoms with Gasteiger partial charge in [-0.3, -0.25) is 0 Å². The number of sulfonamides is 1. The SMILES string of the molecule is Cc1cc(C)c(S(=O)(=O)N2CCN(c3ccccn3)CC2)s1. The first-order valence-corrected chi connectivity index (χ1v) is 9.47. The highest BCUT2D eigenvalue weighted by atomic mass is 32.2. The Morgan fingerprint density at radius 2 is 1.86 bits per heavy atom. The number of aryl methyl sites for hydroxylation is 2. The van der Waals surface area contributed by atoms with Crippen LogP contribution < -0.4 is 4.90 Å². The van der Waals surface area contributed by atoms with Crippen LogP contribution in [0.15, 0.2) is 34.7 Å². The third-order valence-electron chi connectivity index (χ3n) is 3.78. The topological polar surface area (TPSA) is 53.5 Å². The minimum Gasteiger partial charge on any atom is -0.354 e. The van der Waals surface area contributed by atoms with Crippen LogP contribution >= 0.6 is 11.3 Å². The van der Waals surface area contributed by atoms with Crippen molar-refractivity contribution in [1.29, 1.82) is 0 Å². The lowest BCUT2D eigenvalue weighted by atomic mass is 10.3. The van der Waals surface area contributed by atoms with Gasteiger partial charge in [0.25, 0.3) is 10.0 Å². The molecule has 0 aromatic carbocycles. The highest BCUT2D eigenvalue weighted by Gasteiger charge is 2.31. The summed E-state index contributed by atoms with van der Waals surface area (Å²) >= 11 is 1.36. The largest absolute Gasteiger partial charge is 0.354 e. The average Bonchev–Trinajstić information content (AvgIpc) is 2.88. The van der Waals surface area contributed by atoms with Gasteiger partial charge in [-0.1, -0.05) is 6.07 Å². The third kappa shape index (κ3) is 2.88. The Kier molecular flexibility index (Phi) is 4.20. The zero-order valence-electron chi connectivity index (χ0n) is 12.7. The number of nitrogens with zero attached hydrogens (tertiary/aromatic N) is 3. The van der Waals surface area contributed by atoms with Gasteiger partial charge in [0.05, 0.1) is 0 Å². The molecule has 2 aromatic rings. The molecule has 1 fully saturated rings. The van der Waals surface area contributed by atoms with Gasteiger partial charge in [0.15, 0.2) is 0 Å². The number of anilines is 1. The maximum atomic E-state index is 12.8. The summed E-state index contributed by atoms with van der Waals surface area (Å²) < 4.78 is 27.6. The molecule has 0 N–H and O–H groups in total. The number of hydrogen-bond acceptors (Lipinski definition) is 5. The fourth-order valence-electron chi connectivity index (χ4n) is 2.69. The van der Waals surface area contributed by atoms with Crippen molar-refractivity contribution in [1.82, 2.24) is 9.29 Å². The van der Waals surface area contributed by atoms with E-state index in [1.165, 1.54) is 11.3 Å². The van der Waals surface area contributed by atoms with E-state index in [2.05, 4.69) is 9.88 Å². The zero-order chi connectivity index (χ0) is 15.7. The Hall–Kier alpha value is -1.44. The maximum absolute atomic E-state index is 12.8. The first-order chi connectivity index (χ1) is 10.5. The average molecular weight is 337 g/mol. The molecule has 22 heavy (non-hydrogen) atoms. The van der Waals surface area contributed by atoms with Crippen molar-refractivity contribution in [3.8, 4) is 0 Å². The normalized spacial score (nSPS) is 16.9. The van der Waals surface area contributed by atoms with Crippen molar-refractivity contribution >= 4 is 27.2 Å². The molecule has 0 unspecified atom stereocenters. The first-order valence-electron chi connectivity index (χ1n) is 7.21. The fraction of sp³-hybridized carbons (Fsp3) is 0.400. The molecule has 2 aromatic heterocycles. The van der Waals surface area contributed by atoms with Crippen molar-refractivity contribution in [2.75, 3.05) is 31.1 Å². The molecule has 5 nitrogen and oxygen atoms in total. The molecular formula is C15H19N3O2S2. The van der Waals surface area contributed by atoms with Gasteiger partial charge in [0.2, 0.25) is 0 Å². The second-order valence-corrected chi connectivity index (χ2v) is 8.80. The van der Waals surface area contributed by atoms with Gasteiger partial charge in [0.1, 0.15) is 10.0 Å². The predicted octanol–water partition coefficient (Wildman–Crippen LogP) is 2.27. The van der Waals surface area contributed by atoms with Crippen molar-refractivity contribution in [2.45, 2.75) is 18.1 Å². The minimum absolute atomic E-state index is 0.483. The van der Waals surface area contributed by atoms with Crippen molar-refractivity contribution in [2.24, 2.45) is 0 Å². The summed E-state index contributed by atoms with van der Waals surface area (Å²) in [5, 5.41) is 0. The van der Waals surface area contributed by atoms with Crippen LogP contribution in [0.25, 0.3) is 0 Å². The molecule has 1 aliphatic heterocycles. The van der Waals surface area contributed by atoms with E-state index in [9.17, 15) is 8.42 Å². The van der Waals surface area contributed by atoms with Crippen LogP contribution in [-0.4, -0.2) is 43.9 Å². The Labute approximate surface area is 135 Å². The molecule has 0 amide bonds. The lowest BCUT2D eigenvalue weighted by Crippen LogP contribution is -2.48. The zero-order valence-corrected chi connectivity index (χ0v) is 14.3. The van der Waals surface area contributed by atoms with E-state index in [0.29, 0.717) is 30.4 Å². The smallest absolute Gasteiger partial charge is 0.252 e. The molecule has 3 heterocycles. The molecule has 0 bridgehead atoms. The van der Waals surface area contributed by atoms with Crippen molar-refractivity contribution < 1.29 is 8.42 Å². The maximum Gasteiger partial charge on any atom is 0.252 e. The summed E-state index contributed by atoms with van der Waals surface area (Å²) in [6, 6.07) is 7.72. The number of hydrogen-bond donors (Lipinski definition) is 0. The van der Waals surface area contributed by atoms with Crippen molar-refractivity contribution in [3.05, 3.63) is 40.9 Å². The second kappa shape index (κ2) is 5.98. The van der Waals surface area contributed by atoms with Gasteiger partial charge in [0, 0.05) is 37.3 Å². The highest BCUT2D eigenvalue weighted by Crippen LogP contribution is 2.29. The summed E-state index contributed by atoms with van der Waals surface area (Å²) in [4.78, 5) is 7.48. The fourth-order valence-corrected chi connectivity index (χ4v) is 5.92. The summed E-state index contributed by atoms with van der Waals surface area (Å²) in [7, 11) is -3.37. The van der Waals surface area contributed by atoms with E-state index in [-0.39, 0.29) is 0 Å². The molecule has 1 saturated heterocycles. The number of thiophene rings is 1. The van der Waals surface area contributed by atoms with Crippen LogP contribution in [0.2, 0.25) is 0 Å². The Morgan fingerprint density at radius 1 is 1.14 bits per heavy atom. The number of rotatable bonds is 3. The molecule has 0 aliphatic carbocycles. The van der Waals surface area contributed by atoms with Crippen LogP contribution in [0.5, 0.6) is 0 Å². The molecule has 0 atom stereocenters. The molecule has 118 valence electrons. The van der Waals surface area contributed by atoms with E-state index in [0.717, 1.165) is 16.3 Å². The molecule has 7 heteroatoms. The quantitative estimate of drug-likeness (QED) is 0.862. The van der Waals surface area contributed by atoms with E-state index >= 15 is 0 Å². The van der Waals surface area contributed by atoms with Gasteiger partial charge in [-0.05, 0) is 37.6 Å². The van der Waals surface area contributed by atoms with E-state index in [1.54, 1.807) is 10.5 Å². The molecule has 0 saturated carbocycles. The van der Waals surface area contributed by atoms with Crippen LogP contribution in [-0.2, 0) is 10.0 Å². The van der Waals surface area contributed by atoms with Crippen LogP contribution in [0.1, 0.15) is 10.4 Å². The minimum atomic E-state index is -3.37. The van der Waals surface area contributed by atoms with E-state index in [4.69, 9.17) is 0 Å². The Balaban J connectivity index is 1.75. The summed E-state index contributed by atoms with van der Waals surface area (Å²) in [6.07, 6.45) is 1.76. The molecule has 0 spiro atoms. The summed E-state index contributed by atoms with van der Waals surface area (Å²) in [5.41, 5.74) is 0.842. The van der Waals surface area contributed by atoms with Gasteiger partial charge in [-0.25, -0.2) is 13.4 Å². The molecular weight excluding hydrogens is 318 g/mol.